The lowest BCUT2D eigenvalue weighted by Crippen LogP contribution is -2.12. The van der Waals surface area contributed by atoms with Gasteiger partial charge in [0.1, 0.15) is 0 Å². The van der Waals surface area contributed by atoms with Crippen LogP contribution < -0.4 is 0 Å². The lowest BCUT2D eigenvalue weighted by molar-refractivity contribution is -0.117. The van der Waals surface area contributed by atoms with Gasteiger partial charge in [-0.1, -0.05) is 40.2 Å². The zero-order valence-electron chi connectivity index (χ0n) is 12.5. The molecule has 1 aliphatic rings. The zero-order chi connectivity index (χ0) is 16.4. The van der Waals surface area contributed by atoms with Crippen LogP contribution in [0.5, 0.6) is 0 Å². The van der Waals surface area contributed by atoms with E-state index in [2.05, 4.69) is 28.1 Å². The van der Waals surface area contributed by atoms with E-state index in [9.17, 15) is 9.59 Å². The third kappa shape index (κ3) is 3.35. The van der Waals surface area contributed by atoms with Crippen LogP contribution in [0.3, 0.4) is 0 Å². The highest BCUT2D eigenvalue weighted by Gasteiger charge is 2.37. The van der Waals surface area contributed by atoms with E-state index in [0.717, 1.165) is 15.6 Å². The topological polar surface area (TPSA) is 43.4 Å². The van der Waals surface area contributed by atoms with Gasteiger partial charge in [-0.05, 0) is 35.4 Å². The van der Waals surface area contributed by atoms with Crippen molar-refractivity contribution in [2.24, 2.45) is 0 Å². The number of hydrogen-bond acceptors (Lipinski definition) is 4. The minimum atomic E-state index is -0.367. The number of halogens is 1. The number of Topliss-reactive ketones (excluding diaryl/α,β-unsaturated/α-hetero) is 1. The van der Waals surface area contributed by atoms with Crippen molar-refractivity contribution in [1.29, 1.82) is 0 Å². The largest absolute Gasteiger partial charge is 0.465 e. The van der Waals surface area contributed by atoms with Crippen LogP contribution in [0.15, 0.2) is 53.0 Å². The van der Waals surface area contributed by atoms with Gasteiger partial charge in [0, 0.05) is 9.72 Å². The SMILES string of the molecule is COC(=O)c1ccc([C@H]2C(=O)CS[C@H]2c2ccc(Br)cc2)cc1. The summed E-state index contributed by atoms with van der Waals surface area (Å²) in [5.74, 6) is 0.208. The Morgan fingerprint density at radius 3 is 2.30 bits per heavy atom. The summed E-state index contributed by atoms with van der Waals surface area (Å²) in [5.41, 5.74) is 2.58. The second-order valence-corrected chi connectivity index (χ2v) is 7.39. The van der Waals surface area contributed by atoms with Gasteiger partial charge in [-0.2, -0.15) is 0 Å². The van der Waals surface area contributed by atoms with Gasteiger partial charge in [-0.3, -0.25) is 4.79 Å². The van der Waals surface area contributed by atoms with E-state index < -0.39 is 0 Å². The number of benzene rings is 2. The number of carbonyl (C=O) groups is 2. The fourth-order valence-corrected chi connectivity index (χ4v) is 4.41. The van der Waals surface area contributed by atoms with E-state index in [4.69, 9.17) is 4.74 Å². The summed E-state index contributed by atoms with van der Waals surface area (Å²) in [6.07, 6.45) is 0. The summed E-state index contributed by atoms with van der Waals surface area (Å²) >= 11 is 5.11. The van der Waals surface area contributed by atoms with Crippen LogP contribution in [-0.2, 0) is 9.53 Å². The van der Waals surface area contributed by atoms with Crippen molar-refractivity contribution in [3.63, 3.8) is 0 Å². The average molecular weight is 391 g/mol. The van der Waals surface area contributed by atoms with Crippen LogP contribution in [0, 0.1) is 0 Å². The first-order valence-electron chi connectivity index (χ1n) is 7.18. The van der Waals surface area contributed by atoms with E-state index >= 15 is 0 Å². The summed E-state index contributed by atoms with van der Waals surface area (Å²) in [6, 6.07) is 15.2. The van der Waals surface area contributed by atoms with Gasteiger partial charge in [-0.15, -0.1) is 11.8 Å². The summed E-state index contributed by atoms with van der Waals surface area (Å²) in [6.45, 7) is 0. The third-order valence-corrected chi connectivity index (χ3v) is 5.83. The molecule has 0 saturated carbocycles. The minimum Gasteiger partial charge on any atom is -0.465 e. The summed E-state index contributed by atoms with van der Waals surface area (Å²) in [4.78, 5) is 23.9. The first-order valence-corrected chi connectivity index (χ1v) is 9.02. The van der Waals surface area contributed by atoms with Crippen molar-refractivity contribution in [3.05, 3.63) is 69.7 Å². The maximum Gasteiger partial charge on any atom is 0.337 e. The second-order valence-electron chi connectivity index (χ2n) is 5.34. The summed E-state index contributed by atoms with van der Waals surface area (Å²) in [5, 5.41) is 0.111. The first kappa shape index (κ1) is 16.3. The Labute approximate surface area is 147 Å². The zero-order valence-corrected chi connectivity index (χ0v) is 14.9. The predicted octanol–water partition coefficient (Wildman–Crippen LogP) is 4.38. The first-order chi connectivity index (χ1) is 11.1. The molecule has 0 amide bonds. The smallest absolute Gasteiger partial charge is 0.337 e. The lowest BCUT2D eigenvalue weighted by Gasteiger charge is -2.18. The molecule has 1 heterocycles. The molecule has 0 unspecified atom stereocenters. The van der Waals surface area contributed by atoms with Crippen LogP contribution in [0.25, 0.3) is 0 Å². The van der Waals surface area contributed by atoms with Crippen LogP contribution >= 0.6 is 27.7 Å². The fourth-order valence-electron chi connectivity index (χ4n) is 2.77. The maximum absolute atomic E-state index is 12.4. The predicted molar refractivity (Wildman–Crippen MR) is 94.9 cm³/mol. The third-order valence-electron chi connectivity index (χ3n) is 3.94. The van der Waals surface area contributed by atoms with Crippen molar-refractivity contribution in [1.82, 2.24) is 0 Å². The molecule has 0 aliphatic carbocycles. The number of esters is 1. The standard InChI is InChI=1S/C18H15BrO3S/c1-22-18(21)13-4-2-11(3-5-13)16-15(20)10-23-17(16)12-6-8-14(19)9-7-12/h2-9,16-17H,10H2,1H3/t16-,17-/m0/s1. The van der Waals surface area contributed by atoms with Gasteiger partial charge in [-0.25, -0.2) is 4.79 Å². The molecule has 1 saturated heterocycles. The van der Waals surface area contributed by atoms with Gasteiger partial charge in [0.05, 0.1) is 24.3 Å². The van der Waals surface area contributed by atoms with E-state index in [-0.39, 0.29) is 22.9 Å². The number of ketones is 1. The van der Waals surface area contributed by atoms with Crippen molar-refractivity contribution >= 4 is 39.4 Å². The quantitative estimate of drug-likeness (QED) is 0.729. The highest BCUT2D eigenvalue weighted by atomic mass is 79.9. The number of carbonyl (C=O) groups excluding carboxylic acids is 2. The number of rotatable bonds is 3. The second kappa shape index (κ2) is 6.89. The molecule has 3 nitrogen and oxygen atoms in total. The monoisotopic (exact) mass is 390 g/mol. The molecule has 2 atom stereocenters. The summed E-state index contributed by atoms with van der Waals surface area (Å²) in [7, 11) is 1.36. The van der Waals surface area contributed by atoms with E-state index in [1.54, 1.807) is 23.9 Å². The van der Waals surface area contributed by atoms with Crippen molar-refractivity contribution in [3.8, 4) is 0 Å². The molecule has 0 radical (unpaired) electrons. The van der Waals surface area contributed by atoms with Crippen molar-refractivity contribution in [2.75, 3.05) is 12.9 Å². The molecule has 0 aromatic heterocycles. The molecule has 2 aromatic rings. The van der Waals surface area contributed by atoms with Gasteiger partial charge in [0.25, 0.3) is 0 Å². The molecule has 0 bridgehead atoms. The van der Waals surface area contributed by atoms with Gasteiger partial charge in [0.15, 0.2) is 5.78 Å². The average Bonchev–Trinajstić information content (AvgIpc) is 2.96. The summed E-state index contributed by atoms with van der Waals surface area (Å²) < 4.78 is 5.73. The number of hydrogen-bond donors (Lipinski definition) is 0. The Bertz CT molecular complexity index is 725. The van der Waals surface area contributed by atoms with E-state index in [1.807, 2.05) is 24.3 Å². The molecular formula is C18H15BrO3S. The van der Waals surface area contributed by atoms with Crippen molar-refractivity contribution < 1.29 is 14.3 Å². The molecule has 118 valence electrons. The van der Waals surface area contributed by atoms with Gasteiger partial charge >= 0.3 is 5.97 Å². The minimum absolute atomic E-state index is 0.111. The van der Waals surface area contributed by atoms with Gasteiger partial charge in [0.2, 0.25) is 0 Å². The molecule has 2 aromatic carbocycles. The fraction of sp³-hybridized carbons (Fsp3) is 0.222. The highest BCUT2D eigenvalue weighted by Crippen LogP contribution is 2.48. The molecule has 1 fully saturated rings. The van der Waals surface area contributed by atoms with Gasteiger partial charge < -0.3 is 4.74 Å². The number of methoxy groups -OCH3 is 1. The molecule has 1 aliphatic heterocycles. The Hall–Kier alpha value is -1.59. The molecule has 5 heteroatoms. The molecule has 23 heavy (non-hydrogen) atoms. The van der Waals surface area contributed by atoms with Crippen LogP contribution in [0.1, 0.15) is 32.7 Å². The van der Waals surface area contributed by atoms with Crippen LogP contribution in [-0.4, -0.2) is 24.6 Å². The Balaban J connectivity index is 1.90. The maximum atomic E-state index is 12.4. The highest BCUT2D eigenvalue weighted by molar-refractivity contribution is 9.10. The van der Waals surface area contributed by atoms with E-state index in [0.29, 0.717) is 11.3 Å². The number of ether oxygens (including phenoxy) is 1. The van der Waals surface area contributed by atoms with E-state index in [1.165, 1.54) is 7.11 Å². The molecule has 0 N–H and O–H groups in total. The molecular weight excluding hydrogens is 376 g/mol. The Kier molecular flexibility index (Phi) is 4.87. The Morgan fingerprint density at radius 2 is 1.70 bits per heavy atom. The van der Waals surface area contributed by atoms with Crippen LogP contribution in [0.2, 0.25) is 0 Å². The van der Waals surface area contributed by atoms with Crippen molar-refractivity contribution in [2.45, 2.75) is 11.2 Å². The van der Waals surface area contributed by atoms with Crippen LogP contribution in [0.4, 0.5) is 0 Å². The normalized spacial score (nSPS) is 20.5. The number of thioether (sulfide) groups is 1. The lowest BCUT2D eigenvalue weighted by atomic mass is 9.88. The molecule has 0 spiro atoms. The molecule has 3 rings (SSSR count). The Morgan fingerprint density at radius 1 is 1.09 bits per heavy atom.